The number of hydrogen-bond donors (Lipinski definition) is 0. The molecule has 1 aromatic carbocycles. The van der Waals surface area contributed by atoms with Gasteiger partial charge in [-0.2, -0.15) is 5.26 Å². The van der Waals surface area contributed by atoms with E-state index in [4.69, 9.17) is 5.26 Å². The second-order valence-electron chi connectivity index (χ2n) is 6.87. The highest BCUT2D eigenvalue weighted by Gasteiger charge is 2.33. The molecule has 2 aliphatic carbocycles. The van der Waals surface area contributed by atoms with Gasteiger partial charge in [0.2, 0.25) is 0 Å². The highest BCUT2D eigenvalue weighted by atomic mass is 32.2. The monoisotopic (exact) mass is 338 g/mol. The molecule has 0 radical (unpaired) electrons. The molecule has 4 rings (SSSR count). The topological polar surface area (TPSA) is 54.5 Å². The fraction of sp³-hybridized carbons (Fsp3) is 0.526. The van der Waals surface area contributed by atoms with Gasteiger partial charge in [0.25, 0.3) is 0 Å². The summed E-state index contributed by atoms with van der Waals surface area (Å²) in [7, 11) is 0. The molecule has 2 aliphatic rings. The Morgan fingerprint density at radius 1 is 1.04 bits per heavy atom. The molecule has 0 N–H and O–H groups in total. The Morgan fingerprint density at radius 3 is 2.46 bits per heavy atom. The van der Waals surface area contributed by atoms with Crippen molar-refractivity contribution in [1.29, 1.82) is 5.26 Å². The van der Waals surface area contributed by atoms with Crippen LogP contribution in [0.5, 0.6) is 0 Å². The van der Waals surface area contributed by atoms with Crippen LogP contribution in [0.3, 0.4) is 0 Å². The average Bonchev–Trinajstić information content (AvgIpc) is 3.40. The van der Waals surface area contributed by atoms with Crippen molar-refractivity contribution in [1.82, 2.24) is 14.8 Å². The molecule has 0 saturated heterocycles. The highest BCUT2D eigenvalue weighted by molar-refractivity contribution is 7.98. The van der Waals surface area contributed by atoms with Gasteiger partial charge in [-0.1, -0.05) is 43.2 Å². The van der Waals surface area contributed by atoms with Crippen LogP contribution in [0.1, 0.15) is 73.9 Å². The van der Waals surface area contributed by atoms with Crippen LogP contribution in [0.25, 0.3) is 0 Å². The van der Waals surface area contributed by atoms with E-state index in [-0.39, 0.29) is 0 Å². The van der Waals surface area contributed by atoms with E-state index in [1.54, 1.807) is 11.8 Å². The number of thioether (sulfide) groups is 1. The summed E-state index contributed by atoms with van der Waals surface area (Å²) in [5.41, 5.74) is 1.94. The molecular formula is C19H22N4S. The molecule has 0 spiro atoms. The fourth-order valence-electron chi connectivity index (χ4n) is 3.51. The number of benzene rings is 1. The third-order valence-electron chi connectivity index (χ3n) is 5.02. The SMILES string of the molecule is N#Cc1ccc(CSc2nnc(C3CC3)n2C2CCCCC2)cc1. The predicted molar refractivity (Wildman–Crippen MR) is 94.8 cm³/mol. The lowest BCUT2D eigenvalue weighted by molar-refractivity contribution is 0.329. The van der Waals surface area contributed by atoms with Gasteiger partial charge >= 0.3 is 0 Å². The van der Waals surface area contributed by atoms with Crippen molar-refractivity contribution < 1.29 is 0 Å². The van der Waals surface area contributed by atoms with Crippen LogP contribution < -0.4 is 0 Å². The third kappa shape index (κ3) is 3.34. The van der Waals surface area contributed by atoms with Gasteiger partial charge < -0.3 is 4.57 Å². The maximum atomic E-state index is 8.90. The summed E-state index contributed by atoms with van der Waals surface area (Å²) < 4.78 is 2.46. The van der Waals surface area contributed by atoms with E-state index in [1.165, 1.54) is 56.3 Å². The Hall–Kier alpha value is -1.80. The van der Waals surface area contributed by atoms with Gasteiger partial charge in [-0.25, -0.2) is 0 Å². The maximum Gasteiger partial charge on any atom is 0.191 e. The van der Waals surface area contributed by atoms with Crippen LogP contribution in [-0.2, 0) is 5.75 Å². The van der Waals surface area contributed by atoms with Crippen molar-refractivity contribution in [2.24, 2.45) is 0 Å². The summed E-state index contributed by atoms with van der Waals surface area (Å²) in [6.07, 6.45) is 9.09. The molecule has 2 fully saturated rings. The van der Waals surface area contributed by atoms with E-state index in [2.05, 4.69) is 20.8 Å². The number of hydrogen-bond acceptors (Lipinski definition) is 4. The lowest BCUT2D eigenvalue weighted by Gasteiger charge is -2.25. The van der Waals surface area contributed by atoms with Gasteiger partial charge in [-0.3, -0.25) is 0 Å². The number of nitrogens with zero attached hydrogens (tertiary/aromatic N) is 4. The van der Waals surface area contributed by atoms with Crippen LogP contribution in [0.2, 0.25) is 0 Å². The van der Waals surface area contributed by atoms with Gasteiger partial charge in [0, 0.05) is 17.7 Å². The summed E-state index contributed by atoms with van der Waals surface area (Å²) in [6, 6.07) is 10.6. The molecule has 1 heterocycles. The normalized spacial score (nSPS) is 18.5. The first-order valence-corrected chi connectivity index (χ1v) is 9.90. The first kappa shape index (κ1) is 15.7. The molecule has 1 aromatic heterocycles. The van der Waals surface area contributed by atoms with Gasteiger partial charge in [-0.15, -0.1) is 10.2 Å². The molecule has 5 heteroatoms. The minimum atomic E-state index is 0.591. The van der Waals surface area contributed by atoms with Crippen LogP contribution >= 0.6 is 11.8 Å². The zero-order valence-electron chi connectivity index (χ0n) is 13.8. The van der Waals surface area contributed by atoms with E-state index in [0.29, 0.717) is 17.5 Å². The molecule has 0 amide bonds. The zero-order valence-corrected chi connectivity index (χ0v) is 14.6. The summed E-state index contributed by atoms with van der Waals surface area (Å²) in [5, 5.41) is 19.0. The van der Waals surface area contributed by atoms with E-state index < -0.39 is 0 Å². The fourth-order valence-corrected chi connectivity index (χ4v) is 4.48. The molecule has 2 aromatic rings. The quantitative estimate of drug-likeness (QED) is 0.733. The van der Waals surface area contributed by atoms with Crippen LogP contribution in [0, 0.1) is 11.3 Å². The first-order valence-electron chi connectivity index (χ1n) is 8.92. The van der Waals surface area contributed by atoms with Crippen LogP contribution in [0.4, 0.5) is 0 Å². The lowest BCUT2D eigenvalue weighted by atomic mass is 9.95. The van der Waals surface area contributed by atoms with Gasteiger partial charge in [-0.05, 0) is 43.4 Å². The van der Waals surface area contributed by atoms with E-state index >= 15 is 0 Å². The molecular weight excluding hydrogens is 316 g/mol. The van der Waals surface area contributed by atoms with E-state index in [9.17, 15) is 0 Å². The zero-order chi connectivity index (χ0) is 16.4. The number of rotatable bonds is 5. The number of nitriles is 1. The van der Waals surface area contributed by atoms with Crippen molar-refractivity contribution in [2.75, 3.05) is 0 Å². The molecule has 24 heavy (non-hydrogen) atoms. The van der Waals surface area contributed by atoms with Crippen molar-refractivity contribution in [2.45, 2.75) is 67.8 Å². The maximum absolute atomic E-state index is 8.90. The van der Waals surface area contributed by atoms with Gasteiger partial charge in [0.15, 0.2) is 5.16 Å². The molecule has 124 valence electrons. The molecule has 0 aliphatic heterocycles. The Morgan fingerprint density at radius 2 is 1.79 bits per heavy atom. The van der Waals surface area contributed by atoms with Crippen molar-refractivity contribution >= 4 is 11.8 Å². The van der Waals surface area contributed by atoms with Crippen molar-refractivity contribution in [3.63, 3.8) is 0 Å². The number of aromatic nitrogens is 3. The van der Waals surface area contributed by atoms with E-state index in [0.717, 1.165) is 10.9 Å². The molecule has 4 nitrogen and oxygen atoms in total. The first-order chi connectivity index (χ1) is 11.8. The highest BCUT2D eigenvalue weighted by Crippen LogP contribution is 2.43. The predicted octanol–water partition coefficient (Wildman–Crippen LogP) is 4.82. The van der Waals surface area contributed by atoms with Crippen molar-refractivity contribution in [3.05, 3.63) is 41.2 Å². The summed E-state index contributed by atoms with van der Waals surface area (Å²) in [4.78, 5) is 0. The molecule has 2 saturated carbocycles. The Kier molecular flexibility index (Phi) is 4.57. The van der Waals surface area contributed by atoms with E-state index in [1.807, 2.05) is 24.3 Å². The molecule has 0 bridgehead atoms. The molecule has 0 atom stereocenters. The van der Waals surface area contributed by atoms with Gasteiger partial charge in [0.05, 0.1) is 11.6 Å². The third-order valence-corrected chi connectivity index (χ3v) is 6.04. The summed E-state index contributed by atoms with van der Waals surface area (Å²) in [6.45, 7) is 0. The Bertz CT molecular complexity index is 734. The van der Waals surface area contributed by atoms with Crippen LogP contribution in [-0.4, -0.2) is 14.8 Å². The summed E-state index contributed by atoms with van der Waals surface area (Å²) >= 11 is 1.78. The minimum absolute atomic E-state index is 0.591. The summed E-state index contributed by atoms with van der Waals surface area (Å²) in [5.74, 6) is 2.74. The van der Waals surface area contributed by atoms with Crippen LogP contribution in [0.15, 0.2) is 29.4 Å². The average molecular weight is 338 g/mol. The minimum Gasteiger partial charge on any atom is -0.303 e. The standard InChI is InChI=1S/C19H22N4S/c20-12-14-6-8-15(9-7-14)13-24-19-22-21-18(16-10-11-16)23(19)17-4-2-1-3-5-17/h6-9,16-17H,1-5,10-11,13H2. The van der Waals surface area contributed by atoms with Crippen molar-refractivity contribution in [3.8, 4) is 6.07 Å². The second kappa shape index (κ2) is 6.98. The van der Waals surface area contributed by atoms with Gasteiger partial charge in [0.1, 0.15) is 5.82 Å². The second-order valence-corrected chi connectivity index (χ2v) is 7.82. The Balaban J connectivity index is 1.52. The lowest BCUT2D eigenvalue weighted by Crippen LogP contribution is -2.16. The Labute approximate surface area is 147 Å². The smallest absolute Gasteiger partial charge is 0.191 e. The molecule has 0 unspecified atom stereocenters. The largest absolute Gasteiger partial charge is 0.303 e.